The maximum Gasteiger partial charge on any atom is 0.159 e. The summed E-state index contributed by atoms with van der Waals surface area (Å²) in [6.45, 7) is -0.322. The Hall–Kier alpha value is -0.660. The van der Waals surface area contributed by atoms with Crippen LogP contribution in [-0.2, 0) is 14.6 Å². The molecule has 7 heteroatoms. The van der Waals surface area contributed by atoms with E-state index in [-0.39, 0.29) is 18.1 Å². The highest BCUT2D eigenvalue weighted by atomic mass is 32.2. The van der Waals surface area contributed by atoms with Crippen molar-refractivity contribution in [2.45, 2.75) is 12.1 Å². The Kier molecular flexibility index (Phi) is 2.89. The third-order valence-corrected chi connectivity index (χ3v) is 3.69. The molecule has 0 saturated carbocycles. The molecule has 13 heavy (non-hydrogen) atoms. The lowest BCUT2D eigenvalue weighted by molar-refractivity contribution is -0.685. The summed E-state index contributed by atoms with van der Waals surface area (Å²) in [5.41, 5.74) is 0. The molecule has 0 radical (unpaired) electrons. The van der Waals surface area contributed by atoms with Crippen LogP contribution in [0, 0.1) is 0 Å². The molecule has 0 aromatic carbocycles. The summed E-state index contributed by atoms with van der Waals surface area (Å²) in [4.78, 5) is 10.1. The van der Waals surface area contributed by atoms with Gasteiger partial charge in [-0.2, -0.15) is 0 Å². The largest absolute Gasteiger partial charge is 0.544 e. The molecule has 0 bridgehead atoms. The molecule has 1 aliphatic heterocycles. The Morgan fingerprint density at radius 2 is 2.15 bits per heavy atom. The molecule has 1 saturated heterocycles. The van der Waals surface area contributed by atoms with Crippen LogP contribution in [0.3, 0.4) is 0 Å². The SMILES string of the molecule is O=C([O-])C[NH2+][C@H]1CS(=O)(=O)C[C@@H]1O. The number of aliphatic hydroxyl groups excluding tert-OH is 1. The van der Waals surface area contributed by atoms with Gasteiger partial charge in [-0.25, -0.2) is 8.42 Å². The molecule has 0 aromatic heterocycles. The molecule has 1 aliphatic rings. The van der Waals surface area contributed by atoms with Crippen LogP contribution in [-0.4, -0.2) is 49.7 Å². The number of aliphatic carboxylic acids is 1. The molecule has 76 valence electrons. The topological polar surface area (TPSA) is 111 Å². The van der Waals surface area contributed by atoms with Crippen LogP contribution in [0.2, 0.25) is 0 Å². The van der Waals surface area contributed by atoms with Crippen molar-refractivity contribution in [3.05, 3.63) is 0 Å². The van der Waals surface area contributed by atoms with Crippen molar-refractivity contribution >= 4 is 15.8 Å². The first kappa shape index (κ1) is 10.4. The fourth-order valence-electron chi connectivity index (χ4n) is 1.33. The van der Waals surface area contributed by atoms with Crippen molar-refractivity contribution < 1.29 is 28.7 Å². The van der Waals surface area contributed by atoms with Crippen LogP contribution in [0.15, 0.2) is 0 Å². The number of carboxylic acids is 1. The molecule has 0 spiro atoms. The third-order valence-electron chi connectivity index (χ3n) is 1.95. The Labute approximate surface area is 75.5 Å². The van der Waals surface area contributed by atoms with Gasteiger partial charge in [0, 0.05) is 0 Å². The van der Waals surface area contributed by atoms with Crippen LogP contribution >= 0.6 is 0 Å². The van der Waals surface area contributed by atoms with Crippen molar-refractivity contribution in [2.75, 3.05) is 18.1 Å². The summed E-state index contributed by atoms with van der Waals surface area (Å²) >= 11 is 0. The predicted molar refractivity (Wildman–Crippen MR) is 40.2 cm³/mol. The molecule has 1 rings (SSSR count). The second kappa shape index (κ2) is 3.60. The standard InChI is InChI=1S/C6H11NO5S/c8-5-3-13(11,12)2-4(5)7-1-6(9)10/h4-5,7-8H,1-3H2,(H,9,10)/t4-,5-/m0/s1. The second-order valence-corrected chi connectivity index (χ2v) is 5.27. The number of nitrogens with two attached hydrogens (primary N) is 1. The monoisotopic (exact) mass is 209 g/mol. The zero-order valence-corrected chi connectivity index (χ0v) is 7.66. The summed E-state index contributed by atoms with van der Waals surface area (Å²) in [7, 11) is -3.19. The van der Waals surface area contributed by atoms with Gasteiger partial charge in [-0.1, -0.05) is 0 Å². The molecule has 0 aromatic rings. The van der Waals surface area contributed by atoms with Gasteiger partial charge in [0.1, 0.15) is 24.4 Å². The van der Waals surface area contributed by atoms with E-state index in [9.17, 15) is 23.4 Å². The van der Waals surface area contributed by atoms with Crippen LogP contribution in [0.25, 0.3) is 0 Å². The number of hydrogen-bond donors (Lipinski definition) is 2. The summed E-state index contributed by atoms with van der Waals surface area (Å²) < 4.78 is 21.9. The average Bonchev–Trinajstić information content (AvgIpc) is 2.20. The number of carbonyl (C=O) groups excluding carboxylic acids is 1. The lowest BCUT2D eigenvalue weighted by Gasteiger charge is -2.11. The Bertz CT molecular complexity index is 298. The minimum Gasteiger partial charge on any atom is -0.544 e. The molecule has 1 heterocycles. The van der Waals surface area contributed by atoms with Gasteiger partial charge in [0.05, 0.1) is 11.7 Å². The zero-order valence-electron chi connectivity index (χ0n) is 6.84. The average molecular weight is 209 g/mol. The molecule has 3 N–H and O–H groups in total. The third kappa shape index (κ3) is 2.94. The van der Waals surface area contributed by atoms with E-state index in [1.54, 1.807) is 0 Å². The molecule has 0 amide bonds. The molecular formula is C6H11NO5S. The highest BCUT2D eigenvalue weighted by molar-refractivity contribution is 7.91. The molecule has 0 unspecified atom stereocenters. The van der Waals surface area contributed by atoms with E-state index >= 15 is 0 Å². The first-order valence-corrected chi connectivity index (χ1v) is 5.64. The molecule has 1 fully saturated rings. The van der Waals surface area contributed by atoms with Gasteiger partial charge in [-0.15, -0.1) is 0 Å². The van der Waals surface area contributed by atoms with Crippen LogP contribution in [0.4, 0.5) is 0 Å². The van der Waals surface area contributed by atoms with Crippen molar-refractivity contribution in [2.24, 2.45) is 0 Å². The smallest absolute Gasteiger partial charge is 0.159 e. The van der Waals surface area contributed by atoms with E-state index in [0.29, 0.717) is 0 Å². The van der Waals surface area contributed by atoms with Gasteiger partial charge < -0.3 is 20.3 Å². The van der Waals surface area contributed by atoms with Gasteiger partial charge in [0.25, 0.3) is 0 Å². The lowest BCUT2D eigenvalue weighted by Crippen LogP contribution is -2.94. The molecular weight excluding hydrogens is 198 g/mol. The Balaban J connectivity index is 2.49. The minimum atomic E-state index is -3.19. The van der Waals surface area contributed by atoms with E-state index in [1.807, 2.05) is 0 Å². The summed E-state index contributed by atoms with van der Waals surface area (Å²) in [5.74, 6) is -1.71. The highest BCUT2D eigenvalue weighted by Gasteiger charge is 2.38. The normalized spacial score (nSPS) is 31.8. The fourth-order valence-corrected chi connectivity index (χ4v) is 3.18. The quantitative estimate of drug-likeness (QED) is 0.486. The van der Waals surface area contributed by atoms with Crippen molar-refractivity contribution in [3.63, 3.8) is 0 Å². The Morgan fingerprint density at radius 1 is 1.54 bits per heavy atom. The maximum absolute atomic E-state index is 11.0. The second-order valence-electron chi connectivity index (χ2n) is 3.12. The predicted octanol–water partition coefficient (Wildman–Crippen LogP) is -4.54. The number of carbonyl (C=O) groups is 1. The maximum atomic E-state index is 11.0. The van der Waals surface area contributed by atoms with E-state index in [1.165, 1.54) is 5.32 Å². The van der Waals surface area contributed by atoms with Crippen molar-refractivity contribution in [1.29, 1.82) is 0 Å². The van der Waals surface area contributed by atoms with Crippen molar-refractivity contribution in [1.82, 2.24) is 0 Å². The Morgan fingerprint density at radius 3 is 2.54 bits per heavy atom. The van der Waals surface area contributed by atoms with E-state index in [4.69, 9.17) is 0 Å². The molecule has 0 aliphatic carbocycles. The number of carboxylic acid groups (broad SMARTS) is 1. The number of aliphatic hydroxyl groups is 1. The molecule has 6 nitrogen and oxygen atoms in total. The number of rotatable bonds is 3. The van der Waals surface area contributed by atoms with Gasteiger partial charge in [0.2, 0.25) is 0 Å². The highest BCUT2D eigenvalue weighted by Crippen LogP contribution is 2.08. The van der Waals surface area contributed by atoms with E-state index < -0.39 is 28.0 Å². The summed E-state index contributed by atoms with van der Waals surface area (Å²) in [6, 6.07) is -0.567. The zero-order chi connectivity index (χ0) is 10.1. The first-order chi connectivity index (χ1) is 5.91. The van der Waals surface area contributed by atoms with E-state index in [0.717, 1.165) is 0 Å². The first-order valence-electron chi connectivity index (χ1n) is 3.82. The van der Waals surface area contributed by atoms with E-state index in [2.05, 4.69) is 0 Å². The van der Waals surface area contributed by atoms with Crippen LogP contribution in [0.5, 0.6) is 0 Å². The number of quaternary nitrogens is 1. The van der Waals surface area contributed by atoms with Crippen molar-refractivity contribution in [3.8, 4) is 0 Å². The number of sulfone groups is 1. The number of hydrogen-bond acceptors (Lipinski definition) is 5. The van der Waals surface area contributed by atoms with Crippen LogP contribution < -0.4 is 10.4 Å². The summed E-state index contributed by atoms with van der Waals surface area (Å²) in [6.07, 6.45) is -0.968. The van der Waals surface area contributed by atoms with Gasteiger partial charge in [-0.3, -0.25) is 0 Å². The van der Waals surface area contributed by atoms with Gasteiger partial charge >= 0.3 is 0 Å². The fraction of sp³-hybridized carbons (Fsp3) is 0.833. The molecule has 2 atom stereocenters. The van der Waals surface area contributed by atoms with Gasteiger partial charge in [0.15, 0.2) is 9.84 Å². The van der Waals surface area contributed by atoms with Gasteiger partial charge in [-0.05, 0) is 0 Å². The van der Waals surface area contributed by atoms with Crippen LogP contribution in [0.1, 0.15) is 0 Å². The lowest BCUT2D eigenvalue weighted by atomic mass is 10.2. The minimum absolute atomic E-state index is 0.165. The summed E-state index contributed by atoms with van der Waals surface area (Å²) in [5, 5.41) is 20.5.